The largest absolute Gasteiger partial charge is 0.353 e. The zero-order chi connectivity index (χ0) is 25.2. The topological polar surface area (TPSA) is 97.0 Å². The number of nitrogens with one attached hydrogen (secondary N) is 1. The minimum atomic E-state index is -0.0678. The van der Waals surface area contributed by atoms with Crippen LogP contribution in [-0.2, 0) is 11.8 Å². The lowest BCUT2D eigenvalue weighted by Gasteiger charge is -2.35. The number of aryl methyl sites for hydroxylation is 1. The van der Waals surface area contributed by atoms with Crippen molar-refractivity contribution in [3.05, 3.63) is 79.3 Å². The van der Waals surface area contributed by atoms with Crippen molar-refractivity contribution >= 4 is 28.6 Å². The molecule has 1 N–H and O–H groups in total. The van der Waals surface area contributed by atoms with E-state index in [4.69, 9.17) is 5.10 Å². The predicted molar refractivity (Wildman–Crippen MR) is 143 cm³/mol. The van der Waals surface area contributed by atoms with Crippen LogP contribution in [0.15, 0.2) is 79.3 Å². The molecule has 0 aliphatic carbocycles. The Balaban J connectivity index is 1.14. The molecule has 1 aliphatic heterocycles. The number of fused-ring (bicyclic) bond motifs is 1. The molecule has 1 amide bonds. The van der Waals surface area contributed by atoms with Gasteiger partial charge in [0.25, 0.3) is 0 Å². The van der Waals surface area contributed by atoms with Gasteiger partial charge in [-0.2, -0.15) is 10.2 Å². The summed E-state index contributed by atoms with van der Waals surface area (Å²) in [5.74, 6) is 1.47. The van der Waals surface area contributed by atoms with Crippen molar-refractivity contribution in [2.24, 2.45) is 7.05 Å². The van der Waals surface area contributed by atoms with Crippen LogP contribution in [0, 0.1) is 0 Å². The lowest BCUT2D eigenvalue weighted by Crippen LogP contribution is -2.49. The summed E-state index contributed by atoms with van der Waals surface area (Å²) in [6.45, 7) is 3.36. The molecule has 3 aromatic heterocycles. The molecule has 186 valence electrons. The van der Waals surface area contributed by atoms with E-state index in [1.54, 1.807) is 15.7 Å². The highest BCUT2D eigenvalue weighted by atomic mass is 16.2. The quantitative estimate of drug-likeness (QED) is 0.388. The fraction of sp³-hybridized carbons (Fsp3) is 0.222. The molecule has 1 saturated heterocycles. The fourth-order valence-corrected chi connectivity index (χ4v) is 4.69. The molecule has 0 spiro atoms. The van der Waals surface area contributed by atoms with Crippen LogP contribution in [0.5, 0.6) is 0 Å². The van der Waals surface area contributed by atoms with Gasteiger partial charge in [-0.15, -0.1) is 0 Å². The van der Waals surface area contributed by atoms with E-state index in [2.05, 4.69) is 30.2 Å². The number of carbonyl (C=O) groups is 1. The maximum Gasteiger partial charge on any atom is 0.239 e. The zero-order valence-electron chi connectivity index (χ0n) is 20.5. The minimum Gasteiger partial charge on any atom is -0.353 e. The molecule has 10 heteroatoms. The highest BCUT2D eigenvalue weighted by Crippen LogP contribution is 2.25. The number of rotatable bonds is 6. The van der Waals surface area contributed by atoms with Gasteiger partial charge in [0.05, 0.1) is 29.5 Å². The van der Waals surface area contributed by atoms with Gasteiger partial charge in [-0.1, -0.05) is 48.5 Å². The Morgan fingerprint density at radius 2 is 1.68 bits per heavy atom. The number of benzene rings is 2. The Morgan fingerprint density at radius 1 is 0.946 bits per heavy atom. The van der Waals surface area contributed by atoms with Crippen molar-refractivity contribution in [3.8, 4) is 16.9 Å². The molecular formula is C27H27N9O. The molecular weight excluding hydrogens is 466 g/mol. The van der Waals surface area contributed by atoms with Gasteiger partial charge in [-0.3, -0.25) is 14.4 Å². The molecule has 2 aromatic carbocycles. The van der Waals surface area contributed by atoms with E-state index in [0.717, 1.165) is 60.0 Å². The molecule has 5 aromatic rings. The number of amides is 1. The van der Waals surface area contributed by atoms with Crippen molar-refractivity contribution in [2.75, 3.05) is 42.9 Å². The van der Waals surface area contributed by atoms with Gasteiger partial charge in [0.1, 0.15) is 18.0 Å². The van der Waals surface area contributed by atoms with Crippen LogP contribution in [0.3, 0.4) is 0 Å². The third kappa shape index (κ3) is 4.66. The van der Waals surface area contributed by atoms with Crippen LogP contribution in [0.1, 0.15) is 0 Å². The molecule has 0 saturated carbocycles. The highest BCUT2D eigenvalue weighted by molar-refractivity contribution is 5.92. The fourth-order valence-electron chi connectivity index (χ4n) is 4.69. The Hall–Kier alpha value is -4.57. The third-order valence-electron chi connectivity index (χ3n) is 6.59. The first-order valence-corrected chi connectivity index (χ1v) is 12.3. The lowest BCUT2D eigenvalue weighted by atomic mass is 10.1. The summed E-state index contributed by atoms with van der Waals surface area (Å²) in [4.78, 5) is 26.3. The van der Waals surface area contributed by atoms with Crippen LogP contribution in [0.2, 0.25) is 0 Å². The van der Waals surface area contributed by atoms with Gasteiger partial charge in [-0.05, 0) is 12.1 Å². The third-order valence-corrected chi connectivity index (χ3v) is 6.59. The molecule has 37 heavy (non-hydrogen) atoms. The van der Waals surface area contributed by atoms with Crippen LogP contribution in [-0.4, -0.2) is 73.1 Å². The molecule has 0 bridgehead atoms. The smallest absolute Gasteiger partial charge is 0.239 e. The second kappa shape index (κ2) is 9.82. The van der Waals surface area contributed by atoms with Crippen LogP contribution < -0.4 is 10.2 Å². The summed E-state index contributed by atoms with van der Waals surface area (Å²) in [6.07, 6.45) is 3.39. The van der Waals surface area contributed by atoms with E-state index in [1.807, 2.05) is 80.0 Å². The minimum absolute atomic E-state index is 0.0678. The summed E-state index contributed by atoms with van der Waals surface area (Å²) in [5.41, 5.74) is 3.51. The van der Waals surface area contributed by atoms with Crippen molar-refractivity contribution in [2.45, 2.75) is 0 Å². The summed E-state index contributed by atoms with van der Waals surface area (Å²) in [7, 11) is 1.88. The summed E-state index contributed by atoms with van der Waals surface area (Å²) >= 11 is 0. The van der Waals surface area contributed by atoms with Gasteiger partial charge in [0.15, 0.2) is 5.65 Å². The Morgan fingerprint density at radius 3 is 2.43 bits per heavy atom. The van der Waals surface area contributed by atoms with Crippen molar-refractivity contribution in [3.63, 3.8) is 0 Å². The average molecular weight is 494 g/mol. The summed E-state index contributed by atoms with van der Waals surface area (Å²) < 4.78 is 3.54. The monoisotopic (exact) mass is 493 g/mol. The number of aromatic nitrogens is 6. The maximum atomic E-state index is 13.1. The maximum absolute atomic E-state index is 13.1. The van der Waals surface area contributed by atoms with Crippen LogP contribution in [0.4, 0.5) is 11.6 Å². The van der Waals surface area contributed by atoms with Gasteiger partial charge in [0, 0.05) is 44.9 Å². The van der Waals surface area contributed by atoms with E-state index < -0.39 is 0 Å². The number of carbonyl (C=O) groups excluding carboxylic acids is 1. The molecule has 10 nitrogen and oxygen atoms in total. The molecule has 1 aliphatic rings. The lowest BCUT2D eigenvalue weighted by molar-refractivity contribution is -0.117. The van der Waals surface area contributed by atoms with Gasteiger partial charge in [-0.25, -0.2) is 14.6 Å². The van der Waals surface area contributed by atoms with E-state index in [0.29, 0.717) is 12.4 Å². The number of piperazine rings is 1. The van der Waals surface area contributed by atoms with Crippen LogP contribution in [0.25, 0.3) is 28.0 Å². The second-order valence-corrected chi connectivity index (χ2v) is 9.04. The summed E-state index contributed by atoms with van der Waals surface area (Å²) in [6, 6.07) is 21.7. The first kappa shape index (κ1) is 22.9. The molecule has 1 fully saturated rings. The number of anilines is 2. The Bertz CT molecular complexity index is 1520. The van der Waals surface area contributed by atoms with E-state index >= 15 is 0 Å². The normalized spacial score (nSPS) is 14.2. The second-order valence-electron chi connectivity index (χ2n) is 9.04. The Kier molecular flexibility index (Phi) is 6.07. The standard InChI is InChI=1S/C27H27N9O/c1-33-26-22(17-30-33)27(29-19-28-26)35-14-12-34(13-15-35)18-25(37)31-24-16-23(20-8-4-2-5-9-20)32-36(24)21-10-6-3-7-11-21/h2-11,16-17,19H,12-15,18H2,1H3,(H,31,37). The van der Waals surface area contributed by atoms with Gasteiger partial charge >= 0.3 is 0 Å². The number of para-hydroxylation sites is 1. The Labute approximate surface area is 214 Å². The van der Waals surface area contributed by atoms with Gasteiger partial charge in [0.2, 0.25) is 5.91 Å². The van der Waals surface area contributed by atoms with E-state index in [9.17, 15) is 4.79 Å². The van der Waals surface area contributed by atoms with Gasteiger partial charge < -0.3 is 10.2 Å². The first-order valence-electron chi connectivity index (χ1n) is 12.3. The molecule has 6 rings (SSSR count). The van der Waals surface area contributed by atoms with Crippen molar-refractivity contribution in [1.82, 2.24) is 34.4 Å². The number of nitrogens with zero attached hydrogens (tertiary/aromatic N) is 8. The average Bonchev–Trinajstić information content (AvgIpc) is 3.54. The van der Waals surface area contributed by atoms with E-state index in [-0.39, 0.29) is 5.91 Å². The summed E-state index contributed by atoms with van der Waals surface area (Å²) in [5, 5.41) is 13.1. The number of hydrogen-bond acceptors (Lipinski definition) is 7. The SMILES string of the molecule is Cn1ncc2c(N3CCN(CC(=O)Nc4cc(-c5ccccc5)nn4-c4ccccc4)CC3)ncnc21. The highest BCUT2D eigenvalue weighted by Gasteiger charge is 2.23. The molecule has 4 heterocycles. The van der Waals surface area contributed by atoms with Crippen molar-refractivity contribution in [1.29, 1.82) is 0 Å². The predicted octanol–water partition coefficient (Wildman–Crippen LogP) is 2.98. The molecule has 0 unspecified atom stereocenters. The van der Waals surface area contributed by atoms with Crippen molar-refractivity contribution < 1.29 is 4.79 Å². The number of hydrogen-bond donors (Lipinski definition) is 1. The zero-order valence-corrected chi connectivity index (χ0v) is 20.5. The molecule has 0 atom stereocenters. The first-order chi connectivity index (χ1) is 18.2. The van der Waals surface area contributed by atoms with E-state index in [1.165, 1.54) is 0 Å². The molecule has 0 radical (unpaired) electrons. The van der Waals surface area contributed by atoms with Crippen LogP contribution >= 0.6 is 0 Å².